The summed E-state index contributed by atoms with van der Waals surface area (Å²) in [6.07, 6.45) is 1.82. The molecule has 1 aromatic heterocycles. The number of benzene rings is 2. The fraction of sp³-hybridized carbons (Fsp3) is 0.227. The van der Waals surface area contributed by atoms with Crippen molar-refractivity contribution in [3.05, 3.63) is 77.6 Å². The highest BCUT2D eigenvalue weighted by Crippen LogP contribution is 2.38. The van der Waals surface area contributed by atoms with Gasteiger partial charge in [0.2, 0.25) is 0 Å². The largest absolute Gasteiger partial charge is 0.504 e. The molecular formula is C22H22N2O2. The van der Waals surface area contributed by atoms with Crippen molar-refractivity contribution in [2.24, 2.45) is 0 Å². The Morgan fingerprint density at radius 1 is 1.12 bits per heavy atom. The number of aromatic nitrogens is 1. The van der Waals surface area contributed by atoms with Crippen LogP contribution in [0.1, 0.15) is 16.8 Å². The number of ether oxygens (including phenoxy) is 1. The number of hydrogen-bond acceptors (Lipinski definition) is 4. The normalized spacial score (nSPS) is 14.3. The Morgan fingerprint density at radius 3 is 2.77 bits per heavy atom. The number of aromatic hydroxyl groups is 1. The average Bonchev–Trinajstić information content (AvgIpc) is 2.85. The number of aryl methyl sites for hydroxylation is 1. The molecule has 0 fully saturated rings. The highest BCUT2D eigenvalue weighted by molar-refractivity contribution is 5.71. The van der Waals surface area contributed by atoms with Crippen molar-refractivity contribution >= 4 is 0 Å². The molecule has 1 aliphatic heterocycles. The Labute approximate surface area is 153 Å². The van der Waals surface area contributed by atoms with Crippen molar-refractivity contribution in [3.8, 4) is 22.6 Å². The van der Waals surface area contributed by atoms with Crippen LogP contribution in [0.25, 0.3) is 11.1 Å². The van der Waals surface area contributed by atoms with E-state index in [1.165, 1.54) is 5.56 Å². The number of nitrogens with zero attached hydrogens (tertiary/aromatic N) is 2. The van der Waals surface area contributed by atoms with E-state index in [0.29, 0.717) is 12.4 Å². The monoisotopic (exact) mass is 346 g/mol. The molecule has 1 N–H and O–H groups in total. The lowest BCUT2D eigenvalue weighted by Crippen LogP contribution is -2.25. The third-order valence-electron chi connectivity index (χ3n) is 4.76. The maximum atomic E-state index is 10.5. The van der Waals surface area contributed by atoms with Crippen molar-refractivity contribution in [2.45, 2.75) is 20.0 Å². The molecule has 0 unspecified atom stereocenters. The predicted octanol–water partition coefficient (Wildman–Crippen LogP) is 4.16. The standard InChI is InChI=1S/C22H22N2O2/c1-16-6-2-3-8-20(16)17-12-18-14-24(15-19-7-4-5-9-23-19)10-11-26-22(18)21(25)13-17/h2-9,12-13,25H,10-11,14-15H2,1H3. The Morgan fingerprint density at radius 2 is 1.96 bits per heavy atom. The van der Waals surface area contributed by atoms with E-state index in [0.717, 1.165) is 42.0 Å². The summed E-state index contributed by atoms with van der Waals surface area (Å²) in [5.41, 5.74) is 5.38. The summed E-state index contributed by atoms with van der Waals surface area (Å²) < 4.78 is 5.86. The first kappa shape index (κ1) is 16.6. The second-order valence-electron chi connectivity index (χ2n) is 6.68. The van der Waals surface area contributed by atoms with Crippen LogP contribution in [0.4, 0.5) is 0 Å². The molecule has 3 aromatic rings. The number of hydrogen-bond donors (Lipinski definition) is 1. The van der Waals surface area contributed by atoms with Gasteiger partial charge in [-0.3, -0.25) is 9.88 Å². The number of phenolic OH excluding ortho intramolecular Hbond substituents is 1. The van der Waals surface area contributed by atoms with Gasteiger partial charge in [-0.2, -0.15) is 0 Å². The Kier molecular flexibility index (Phi) is 4.59. The van der Waals surface area contributed by atoms with E-state index in [9.17, 15) is 5.11 Å². The van der Waals surface area contributed by atoms with Gasteiger partial charge in [-0.15, -0.1) is 0 Å². The highest BCUT2D eigenvalue weighted by atomic mass is 16.5. The second-order valence-corrected chi connectivity index (χ2v) is 6.68. The number of rotatable bonds is 3. The van der Waals surface area contributed by atoms with E-state index < -0.39 is 0 Å². The van der Waals surface area contributed by atoms with Crippen molar-refractivity contribution in [3.63, 3.8) is 0 Å². The van der Waals surface area contributed by atoms with E-state index in [2.05, 4.69) is 35.0 Å². The fourth-order valence-corrected chi connectivity index (χ4v) is 3.46. The van der Waals surface area contributed by atoms with Gasteiger partial charge in [-0.1, -0.05) is 30.3 Å². The summed E-state index contributed by atoms with van der Waals surface area (Å²) in [5.74, 6) is 0.811. The van der Waals surface area contributed by atoms with Crippen molar-refractivity contribution in [1.29, 1.82) is 0 Å². The van der Waals surface area contributed by atoms with E-state index in [4.69, 9.17) is 4.74 Å². The molecule has 0 amide bonds. The van der Waals surface area contributed by atoms with Gasteiger partial charge in [-0.05, 0) is 47.9 Å². The minimum Gasteiger partial charge on any atom is -0.504 e. The molecule has 132 valence electrons. The van der Waals surface area contributed by atoms with E-state index in [1.54, 1.807) is 6.07 Å². The van der Waals surface area contributed by atoms with Crippen LogP contribution >= 0.6 is 0 Å². The van der Waals surface area contributed by atoms with Crippen LogP contribution in [0.2, 0.25) is 0 Å². The van der Waals surface area contributed by atoms with Crippen LogP contribution in [0.5, 0.6) is 11.5 Å². The molecule has 0 atom stereocenters. The molecule has 0 saturated carbocycles. The molecule has 26 heavy (non-hydrogen) atoms. The maximum Gasteiger partial charge on any atom is 0.165 e. The summed E-state index contributed by atoms with van der Waals surface area (Å²) >= 11 is 0. The number of fused-ring (bicyclic) bond motifs is 1. The first-order chi connectivity index (χ1) is 12.7. The molecule has 4 nitrogen and oxygen atoms in total. The van der Waals surface area contributed by atoms with Gasteiger partial charge in [0.1, 0.15) is 6.61 Å². The van der Waals surface area contributed by atoms with Gasteiger partial charge in [0.05, 0.1) is 5.69 Å². The lowest BCUT2D eigenvalue weighted by Gasteiger charge is -2.19. The lowest BCUT2D eigenvalue weighted by atomic mass is 9.98. The molecular weight excluding hydrogens is 324 g/mol. The summed E-state index contributed by atoms with van der Waals surface area (Å²) in [7, 11) is 0. The van der Waals surface area contributed by atoms with Gasteiger partial charge in [-0.25, -0.2) is 0 Å². The molecule has 0 bridgehead atoms. The second kappa shape index (κ2) is 7.18. The van der Waals surface area contributed by atoms with Crippen LogP contribution in [-0.2, 0) is 13.1 Å². The maximum absolute atomic E-state index is 10.5. The topological polar surface area (TPSA) is 45.6 Å². The zero-order valence-electron chi connectivity index (χ0n) is 14.9. The molecule has 1 aliphatic rings. The van der Waals surface area contributed by atoms with E-state index in [1.807, 2.05) is 36.5 Å². The fourth-order valence-electron chi connectivity index (χ4n) is 3.46. The molecule has 0 aliphatic carbocycles. The van der Waals surface area contributed by atoms with Gasteiger partial charge in [0.25, 0.3) is 0 Å². The third-order valence-corrected chi connectivity index (χ3v) is 4.76. The van der Waals surface area contributed by atoms with E-state index >= 15 is 0 Å². The highest BCUT2D eigenvalue weighted by Gasteiger charge is 2.20. The number of phenols is 1. The zero-order chi connectivity index (χ0) is 17.9. The van der Waals surface area contributed by atoms with Crippen molar-refractivity contribution < 1.29 is 9.84 Å². The molecule has 0 saturated heterocycles. The van der Waals surface area contributed by atoms with E-state index in [-0.39, 0.29) is 5.75 Å². The molecule has 4 heteroatoms. The van der Waals surface area contributed by atoms with Gasteiger partial charge in [0, 0.05) is 31.4 Å². The molecule has 2 aromatic carbocycles. The number of pyridine rings is 1. The summed E-state index contributed by atoms with van der Waals surface area (Å²) in [6, 6.07) is 18.1. The van der Waals surface area contributed by atoms with Gasteiger partial charge >= 0.3 is 0 Å². The minimum atomic E-state index is 0.209. The van der Waals surface area contributed by atoms with Crippen LogP contribution in [0, 0.1) is 6.92 Å². The summed E-state index contributed by atoms with van der Waals surface area (Å²) in [6.45, 7) is 4.92. The Balaban J connectivity index is 1.67. The van der Waals surface area contributed by atoms with Gasteiger partial charge in [0.15, 0.2) is 11.5 Å². The smallest absolute Gasteiger partial charge is 0.165 e. The first-order valence-electron chi connectivity index (χ1n) is 8.87. The van der Waals surface area contributed by atoms with Crippen molar-refractivity contribution in [2.75, 3.05) is 13.2 Å². The quantitative estimate of drug-likeness (QED) is 0.774. The van der Waals surface area contributed by atoms with Crippen LogP contribution in [0.3, 0.4) is 0 Å². The first-order valence-corrected chi connectivity index (χ1v) is 8.87. The minimum absolute atomic E-state index is 0.209. The molecule has 2 heterocycles. The Bertz CT molecular complexity index is 909. The van der Waals surface area contributed by atoms with Crippen LogP contribution in [0.15, 0.2) is 60.8 Å². The molecule has 4 rings (SSSR count). The third kappa shape index (κ3) is 3.41. The molecule has 0 spiro atoms. The predicted molar refractivity (Wildman–Crippen MR) is 102 cm³/mol. The lowest BCUT2D eigenvalue weighted by molar-refractivity contribution is 0.215. The average molecular weight is 346 g/mol. The van der Waals surface area contributed by atoms with Crippen LogP contribution in [-0.4, -0.2) is 28.1 Å². The van der Waals surface area contributed by atoms with Gasteiger partial charge < -0.3 is 9.84 Å². The van der Waals surface area contributed by atoms with Crippen LogP contribution < -0.4 is 4.74 Å². The summed E-state index contributed by atoms with van der Waals surface area (Å²) in [5, 5.41) is 10.5. The SMILES string of the molecule is Cc1ccccc1-c1cc(O)c2c(c1)CN(Cc1ccccn1)CCO2. The summed E-state index contributed by atoms with van der Waals surface area (Å²) in [4.78, 5) is 6.72. The zero-order valence-corrected chi connectivity index (χ0v) is 14.9. The van der Waals surface area contributed by atoms with Crippen molar-refractivity contribution in [1.82, 2.24) is 9.88 Å². The Hall–Kier alpha value is -2.85. The molecule has 0 radical (unpaired) electrons.